The molecule has 15 heteroatoms. The molecule has 456 valence electrons. The van der Waals surface area contributed by atoms with Crippen LogP contribution < -0.4 is 0 Å². The molecule has 4 saturated heterocycles. The second-order valence-electron chi connectivity index (χ2n) is 28.7. The van der Waals surface area contributed by atoms with Crippen molar-refractivity contribution in [1.29, 1.82) is 0 Å². The van der Waals surface area contributed by atoms with E-state index in [9.17, 15) is 0 Å². The lowest BCUT2D eigenvalue weighted by molar-refractivity contribution is -0.314. The lowest BCUT2D eigenvalue weighted by atomic mass is 9.87. The third-order valence-electron chi connectivity index (χ3n) is 18.9. The molecule has 6 rings (SSSR count). The van der Waals surface area contributed by atoms with E-state index in [2.05, 4.69) is 266 Å². The Morgan fingerprint density at radius 3 is 1.61 bits per heavy atom. The van der Waals surface area contributed by atoms with Crippen molar-refractivity contribution in [3.63, 3.8) is 0 Å². The molecule has 0 unspecified atom stereocenters. The van der Waals surface area contributed by atoms with Crippen LogP contribution >= 0.6 is 70.6 Å². The van der Waals surface area contributed by atoms with E-state index >= 15 is 0 Å². The van der Waals surface area contributed by atoms with Gasteiger partial charge in [0, 0.05) is 24.4 Å². The molecule has 4 aliphatic heterocycles. The number of ether oxygens (including phenoxy) is 3. The summed E-state index contributed by atoms with van der Waals surface area (Å²) >= 11 is 13.4. The predicted molar refractivity (Wildman–Crippen MR) is 368 cm³/mol. The van der Waals surface area contributed by atoms with E-state index in [-0.39, 0.29) is 63.8 Å². The first-order chi connectivity index (χ1) is 37.3. The van der Waals surface area contributed by atoms with Crippen molar-refractivity contribution in [2.24, 2.45) is 11.8 Å². The molecular formula is C65H112O6S6Si3. The molecular weight excluding hydrogens is 1150 g/mol. The first-order valence-corrected chi connectivity index (χ1v) is 45.5. The van der Waals surface area contributed by atoms with E-state index in [0.717, 1.165) is 56.5 Å². The quantitative estimate of drug-likeness (QED) is 0.0633. The van der Waals surface area contributed by atoms with Crippen molar-refractivity contribution in [1.82, 2.24) is 0 Å². The smallest absolute Gasteiger partial charge is 0.192 e. The summed E-state index contributed by atoms with van der Waals surface area (Å²) in [5.41, 5.74) is 2.65. The zero-order valence-corrected chi connectivity index (χ0v) is 61.3. The van der Waals surface area contributed by atoms with Gasteiger partial charge < -0.3 is 27.5 Å². The Hall–Kier alpha value is 0.691. The molecule has 7 atom stereocenters. The van der Waals surface area contributed by atoms with Gasteiger partial charge in [-0.1, -0.05) is 136 Å². The van der Waals surface area contributed by atoms with E-state index in [1.807, 2.05) is 0 Å². The molecule has 4 aliphatic rings. The van der Waals surface area contributed by atoms with E-state index < -0.39 is 30.7 Å². The zero-order chi connectivity index (χ0) is 58.9. The summed E-state index contributed by atoms with van der Waals surface area (Å²) in [4.78, 5) is 0. The van der Waals surface area contributed by atoms with Gasteiger partial charge in [-0.15, -0.1) is 77.2 Å². The molecule has 0 spiro atoms. The zero-order valence-electron chi connectivity index (χ0n) is 53.4. The fraction of sp³-hybridized carbons (Fsp3) is 0.785. The first kappa shape index (κ1) is 69.8. The van der Waals surface area contributed by atoms with Crippen LogP contribution in [0, 0.1) is 11.8 Å². The van der Waals surface area contributed by atoms with E-state index in [1.165, 1.54) is 59.8 Å². The van der Waals surface area contributed by atoms with Crippen LogP contribution in [0.1, 0.15) is 165 Å². The average Bonchev–Trinajstić information content (AvgIpc) is 3.46. The molecule has 80 heavy (non-hydrogen) atoms. The molecule has 0 aromatic heterocycles. The van der Waals surface area contributed by atoms with Crippen molar-refractivity contribution in [3.8, 4) is 0 Å². The van der Waals surface area contributed by atoms with Crippen LogP contribution in [0.4, 0.5) is 0 Å². The Morgan fingerprint density at radius 1 is 0.625 bits per heavy atom. The number of benzene rings is 2. The van der Waals surface area contributed by atoms with Gasteiger partial charge in [-0.05, 0) is 178 Å². The summed E-state index contributed by atoms with van der Waals surface area (Å²) in [5.74, 6) is 6.73. The Balaban J connectivity index is 1.33. The molecule has 0 saturated carbocycles. The summed E-state index contributed by atoms with van der Waals surface area (Å²) in [7, 11) is -6.66. The highest BCUT2D eigenvalue weighted by Gasteiger charge is 2.53. The van der Waals surface area contributed by atoms with Crippen LogP contribution in [0.25, 0.3) is 0 Å². The van der Waals surface area contributed by atoms with Crippen LogP contribution in [0.3, 0.4) is 0 Å². The van der Waals surface area contributed by atoms with Crippen LogP contribution in [0.15, 0.2) is 73.3 Å². The Labute approximate surface area is 519 Å². The average molecular weight is 1270 g/mol. The number of thioether (sulfide) groups is 6. The second-order valence-corrected chi connectivity index (χ2v) is 52.3. The van der Waals surface area contributed by atoms with Crippen molar-refractivity contribution in [3.05, 3.63) is 84.4 Å². The molecule has 2 aromatic rings. The molecule has 0 aliphatic carbocycles. The highest BCUT2D eigenvalue weighted by atomic mass is 32.2. The third kappa shape index (κ3) is 18.9. The van der Waals surface area contributed by atoms with Gasteiger partial charge in [-0.3, -0.25) is 0 Å². The molecule has 2 aromatic carbocycles. The van der Waals surface area contributed by atoms with Gasteiger partial charge in [0.15, 0.2) is 30.7 Å². The maximum atomic E-state index is 7.97. The monoisotopic (exact) mass is 1260 g/mol. The Morgan fingerprint density at radius 2 is 1.10 bits per heavy atom. The van der Waals surface area contributed by atoms with Crippen LogP contribution in [0.5, 0.6) is 0 Å². The van der Waals surface area contributed by atoms with Crippen molar-refractivity contribution >= 4 is 95.5 Å². The van der Waals surface area contributed by atoms with Crippen molar-refractivity contribution in [2.45, 2.75) is 263 Å². The lowest BCUT2D eigenvalue weighted by Gasteiger charge is -2.51. The fourth-order valence-electron chi connectivity index (χ4n) is 11.4. The minimum atomic E-state index is -2.29. The van der Waals surface area contributed by atoms with Crippen molar-refractivity contribution in [2.75, 3.05) is 41.1 Å². The molecule has 4 fully saturated rings. The Kier molecular flexibility index (Phi) is 25.6. The summed E-state index contributed by atoms with van der Waals surface area (Å²) in [6, 6.07) is 22.0. The number of hydrogen-bond acceptors (Lipinski definition) is 12. The molecule has 0 radical (unpaired) electrons. The normalized spacial score (nSPS) is 24.1. The third-order valence-corrected chi connectivity index (χ3v) is 42.9. The minimum absolute atomic E-state index is 0.0271. The van der Waals surface area contributed by atoms with E-state index in [1.54, 1.807) is 0 Å². The standard InChI is InChI=1S/C65H112O6S6Si3/c1-20-54(56-44-53(67-62(12,13)68-56)49-66-48-50-32-24-22-25-33-50)57(70-79(16,17)60(6,7)8)46-64(74-40-30-41-75-64)45-52(69-78(14,15)59(3,4)5)36-28-37-63(72-38-29-39-73-63)47-58(71-80(18,19)61(9,10)11)55(21-2)65(76-42-31-43-77-65)51-34-26-23-27-35-51/h20,22-27,32-35,52-58H,1,21,28-31,36-49H2,2-19H3/t52-,53+,54-,55-,56-,57-,58+/m0/s1. The lowest BCUT2D eigenvalue weighted by Crippen LogP contribution is -2.54. The number of rotatable bonds is 27. The summed E-state index contributed by atoms with van der Waals surface area (Å²) in [5, 5.41) is 0.234. The minimum Gasteiger partial charge on any atom is -0.414 e. The second kappa shape index (κ2) is 29.3. The predicted octanol–water partition coefficient (Wildman–Crippen LogP) is 20.3. The topological polar surface area (TPSA) is 55.4 Å². The maximum absolute atomic E-state index is 7.97. The summed E-state index contributed by atoms with van der Waals surface area (Å²) < 4.78 is 43.6. The van der Waals surface area contributed by atoms with Gasteiger partial charge in [0.1, 0.15) is 0 Å². The van der Waals surface area contributed by atoms with Crippen LogP contribution in [-0.2, 0) is 38.2 Å². The molecule has 0 amide bonds. The van der Waals surface area contributed by atoms with Crippen LogP contribution in [-0.4, -0.2) is 111 Å². The van der Waals surface area contributed by atoms with Gasteiger partial charge in [-0.2, -0.15) is 0 Å². The van der Waals surface area contributed by atoms with Gasteiger partial charge >= 0.3 is 0 Å². The SMILES string of the molecule is C=C[C@@H]([C@@H]1C[C@H](COCc2ccccc2)OC(C)(C)O1)[C@H](CC1(C[C@H](CCCC2(C[C@@H](O[Si](C)(C)C(C)(C)C)[C@H](CC)C3(c4ccccc4)SCCCS3)SCCCS2)O[Si](C)(C)C(C)(C)C)SCCCS1)O[Si](C)(C)C(C)(C)C. The van der Waals surface area contributed by atoms with E-state index in [0.29, 0.717) is 19.1 Å². The van der Waals surface area contributed by atoms with E-state index in [4.69, 9.17) is 27.5 Å². The van der Waals surface area contributed by atoms with Crippen molar-refractivity contribution < 1.29 is 27.5 Å². The molecule has 0 bridgehead atoms. The van der Waals surface area contributed by atoms with Gasteiger partial charge in [0.25, 0.3) is 0 Å². The summed E-state index contributed by atoms with van der Waals surface area (Å²) in [6.07, 6.45) is 14.1. The molecule has 4 heterocycles. The van der Waals surface area contributed by atoms with Crippen LogP contribution in [0.2, 0.25) is 54.4 Å². The number of hydrogen-bond donors (Lipinski definition) is 0. The first-order valence-electron chi connectivity index (χ1n) is 30.8. The largest absolute Gasteiger partial charge is 0.414 e. The van der Waals surface area contributed by atoms with Gasteiger partial charge in [-0.25, -0.2) is 0 Å². The maximum Gasteiger partial charge on any atom is 0.192 e. The summed E-state index contributed by atoms with van der Waals surface area (Å²) in [6.45, 7) is 48.9. The van der Waals surface area contributed by atoms with Gasteiger partial charge in [0.05, 0.1) is 49.9 Å². The Bertz CT molecular complexity index is 2160. The van der Waals surface area contributed by atoms with Gasteiger partial charge in [0.2, 0.25) is 0 Å². The fourth-order valence-corrected chi connectivity index (χ4v) is 26.4. The molecule has 6 nitrogen and oxygen atoms in total. The molecule has 0 N–H and O–H groups in total. The highest BCUT2D eigenvalue weighted by molar-refractivity contribution is 8.19. The highest BCUT2D eigenvalue weighted by Crippen LogP contribution is 2.61.